The van der Waals surface area contributed by atoms with Gasteiger partial charge in [0, 0.05) is 23.7 Å². The second-order valence-corrected chi connectivity index (χ2v) is 5.10. The molecule has 0 radical (unpaired) electrons. The van der Waals surface area contributed by atoms with Crippen LogP contribution < -0.4 is 11.1 Å². The number of rotatable bonds is 4. The molecule has 0 saturated heterocycles. The van der Waals surface area contributed by atoms with Crippen molar-refractivity contribution in [2.75, 3.05) is 0 Å². The summed E-state index contributed by atoms with van der Waals surface area (Å²) < 4.78 is 0. The fourth-order valence-corrected chi connectivity index (χ4v) is 2.08. The Balaban J connectivity index is 2.02. The average molecular weight is 289 g/mol. The highest BCUT2D eigenvalue weighted by atomic mass is 35.5. The predicted molar refractivity (Wildman–Crippen MR) is 81.7 cm³/mol. The lowest BCUT2D eigenvalue weighted by Crippen LogP contribution is -2.23. The SMILES string of the molecule is Cc1ccc(Cl)cc1C(=O)NCc1ccc(CN)cc1. The van der Waals surface area contributed by atoms with E-state index in [4.69, 9.17) is 17.3 Å². The predicted octanol–water partition coefficient (Wildman–Crippen LogP) is 3.04. The Kier molecular flexibility index (Phi) is 4.77. The molecule has 0 unspecified atom stereocenters. The van der Waals surface area contributed by atoms with Crippen LogP contribution in [0.3, 0.4) is 0 Å². The number of hydrogen-bond donors (Lipinski definition) is 2. The summed E-state index contributed by atoms with van der Waals surface area (Å²) >= 11 is 5.92. The Morgan fingerprint density at radius 3 is 2.45 bits per heavy atom. The van der Waals surface area contributed by atoms with E-state index in [-0.39, 0.29) is 5.91 Å². The molecule has 0 aliphatic rings. The topological polar surface area (TPSA) is 55.1 Å². The fourth-order valence-electron chi connectivity index (χ4n) is 1.91. The second-order valence-electron chi connectivity index (χ2n) is 4.66. The summed E-state index contributed by atoms with van der Waals surface area (Å²) in [4.78, 5) is 12.1. The quantitative estimate of drug-likeness (QED) is 0.908. The maximum atomic E-state index is 12.1. The van der Waals surface area contributed by atoms with Gasteiger partial charge in [0.05, 0.1) is 0 Å². The molecular formula is C16H17ClN2O. The van der Waals surface area contributed by atoms with E-state index in [1.54, 1.807) is 12.1 Å². The van der Waals surface area contributed by atoms with E-state index in [0.29, 0.717) is 23.7 Å². The molecule has 4 heteroatoms. The van der Waals surface area contributed by atoms with Gasteiger partial charge in [-0.3, -0.25) is 4.79 Å². The molecule has 104 valence electrons. The van der Waals surface area contributed by atoms with Gasteiger partial charge in [0.25, 0.3) is 5.91 Å². The number of aryl methyl sites for hydroxylation is 1. The van der Waals surface area contributed by atoms with Gasteiger partial charge in [-0.1, -0.05) is 41.9 Å². The summed E-state index contributed by atoms with van der Waals surface area (Å²) in [6, 6.07) is 13.2. The molecule has 0 saturated carbocycles. The third-order valence-corrected chi connectivity index (χ3v) is 3.39. The maximum absolute atomic E-state index is 12.1. The van der Waals surface area contributed by atoms with Gasteiger partial charge in [-0.2, -0.15) is 0 Å². The lowest BCUT2D eigenvalue weighted by molar-refractivity contribution is 0.0950. The third-order valence-electron chi connectivity index (χ3n) is 3.16. The van der Waals surface area contributed by atoms with E-state index in [2.05, 4.69) is 5.32 Å². The maximum Gasteiger partial charge on any atom is 0.251 e. The monoisotopic (exact) mass is 288 g/mol. The molecule has 0 aliphatic heterocycles. The molecule has 3 nitrogen and oxygen atoms in total. The molecule has 2 aromatic carbocycles. The number of carbonyl (C=O) groups is 1. The summed E-state index contributed by atoms with van der Waals surface area (Å²) in [5, 5.41) is 3.45. The van der Waals surface area contributed by atoms with Crippen molar-refractivity contribution < 1.29 is 4.79 Å². The first-order valence-corrected chi connectivity index (χ1v) is 6.80. The van der Waals surface area contributed by atoms with Gasteiger partial charge < -0.3 is 11.1 Å². The number of amides is 1. The van der Waals surface area contributed by atoms with Crippen LogP contribution in [-0.2, 0) is 13.1 Å². The van der Waals surface area contributed by atoms with E-state index in [1.165, 1.54) is 0 Å². The minimum Gasteiger partial charge on any atom is -0.348 e. The molecule has 2 aromatic rings. The Morgan fingerprint density at radius 2 is 1.80 bits per heavy atom. The lowest BCUT2D eigenvalue weighted by atomic mass is 10.1. The Morgan fingerprint density at radius 1 is 1.15 bits per heavy atom. The zero-order valence-corrected chi connectivity index (χ0v) is 12.1. The smallest absolute Gasteiger partial charge is 0.251 e. The minimum atomic E-state index is -0.118. The Hall–Kier alpha value is -1.84. The number of nitrogens with one attached hydrogen (secondary N) is 1. The second kappa shape index (κ2) is 6.55. The van der Waals surface area contributed by atoms with Crippen LogP contribution in [0, 0.1) is 6.92 Å². The van der Waals surface area contributed by atoms with Gasteiger partial charge in [-0.05, 0) is 35.7 Å². The van der Waals surface area contributed by atoms with Crippen molar-refractivity contribution in [2.24, 2.45) is 5.73 Å². The molecule has 0 aromatic heterocycles. The third kappa shape index (κ3) is 3.59. The highest BCUT2D eigenvalue weighted by molar-refractivity contribution is 6.31. The molecule has 0 spiro atoms. The normalized spacial score (nSPS) is 10.3. The van der Waals surface area contributed by atoms with E-state index < -0.39 is 0 Å². The van der Waals surface area contributed by atoms with Crippen LogP contribution in [0.25, 0.3) is 0 Å². The zero-order valence-electron chi connectivity index (χ0n) is 11.3. The van der Waals surface area contributed by atoms with Crippen molar-refractivity contribution >= 4 is 17.5 Å². The summed E-state index contributed by atoms with van der Waals surface area (Å²) in [6.07, 6.45) is 0. The van der Waals surface area contributed by atoms with Crippen molar-refractivity contribution in [3.8, 4) is 0 Å². The molecule has 0 atom stereocenters. The molecule has 20 heavy (non-hydrogen) atoms. The minimum absolute atomic E-state index is 0.118. The standard InChI is InChI=1S/C16H17ClN2O/c1-11-2-7-14(17)8-15(11)16(20)19-10-13-5-3-12(9-18)4-6-13/h2-8H,9-10,18H2,1H3,(H,19,20). The largest absolute Gasteiger partial charge is 0.348 e. The number of halogens is 1. The number of benzene rings is 2. The summed E-state index contributed by atoms with van der Waals surface area (Å²) in [7, 11) is 0. The van der Waals surface area contributed by atoms with Crippen LogP contribution in [0.2, 0.25) is 5.02 Å². The van der Waals surface area contributed by atoms with Gasteiger partial charge in [0.1, 0.15) is 0 Å². The highest BCUT2D eigenvalue weighted by Crippen LogP contribution is 2.15. The van der Waals surface area contributed by atoms with Crippen LogP contribution in [0.5, 0.6) is 0 Å². The van der Waals surface area contributed by atoms with E-state index in [1.807, 2.05) is 37.3 Å². The molecular weight excluding hydrogens is 272 g/mol. The molecule has 0 aliphatic carbocycles. The van der Waals surface area contributed by atoms with Gasteiger partial charge >= 0.3 is 0 Å². The lowest BCUT2D eigenvalue weighted by Gasteiger charge is -2.08. The van der Waals surface area contributed by atoms with Gasteiger partial charge in [-0.25, -0.2) is 0 Å². The Bertz CT molecular complexity index is 608. The van der Waals surface area contributed by atoms with Gasteiger partial charge in [0.15, 0.2) is 0 Å². The van der Waals surface area contributed by atoms with Crippen LogP contribution in [0.15, 0.2) is 42.5 Å². The molecule has 0 heterocycles. The van der Waals surface area contributed by atoms with Crippen LogP contribution in [0.4, 0.5) is 0 Å². The molecule has 3 N–H and O–H groups in total. The van der Waals surface area contributed by atoms with E-state index in [9.17, 15) is 4.79 Å². The first-order chi connectivity index (χ1) is 9.60. The van der Waals surface area contributed by atoms with Crippen molar-refractivity contribution in [3.63, 3.8) is 0 Å². The zero-order chi connectivity index (χ0) is 14.5. The molecule has 2 rings (SSSR count). The Labute approximate surface area is 123 Å². The fraction of sp³-hybridized carbons (Fsp3) is 0.188. The van der Waals surface area contributed by atoms with Crippen LogP contribution in [0.1, 0.15) is 27.0 Å². The number of hydrogen-bond acceptors (Lipinski definition) is 2. The highest BCUT2D eigenvalue weighted by Gasteiger charge is 2.09. The summed E-state index contributed by atoms with van der Waals surface area (Å²) in [6.45, 7) is 2.89. The van der Waals surface area contributed by atoms with E-state index in [0.717, 1.165) is 16.7 Å². The first-order valence-electron chi connectivity index (χ1n) is 6.42. The average Bonchev–Trinajstić information content (AvgIpc) is 2.47. The summed E-state index contributed by atoms with van der Waals surface area (Å²) in [5.41, 5.74) is 9.17. The van der Waals surface area contributed by atoms with Crippen molar-refractivity contribution in [1.82, 2.24) is 5.32 Å². The van der Waals surface area contributed by atoms with Crippen molar-refractivity contribution in [3.05, 3.63) is 69.7 Å². The molecule has 0 bridgehead atoms. The van der Waals surface area contributed by atoms with Crippen LogP contribution >= 0.6 is 11.6 Å². The summed E-state index contributed by atoms with van der Waals surface area (Å²) in [5.74, 6) is -0.118. The van der Waals surface area contributed by atoms with Gasteiger partial charge in [-0.15, -0.1) is 0 Å². The number of nitrogens with two attached hydrogens (primary N) is 1. The van der Waals surface area contributed by atoms with Crippen molar-refractivity contribution in [2.45, 2.75) is 20.0 Å². The van der Waals surface area contributed by atoms with Gasteiger partial charge in [0.2, 0.25) is 0 Å². The molecule has 1 amide bonds. The van der Waals surface area contributed by atoms with Crippen LogP contribution in [-0.4, -0.2) is 5.91 Å². The molecule has 0 fully saturated rings. The van der Waals surface area contributed by atoms with Crippen molar-refractivity contribution in [1.29, 1.82) is 0 Å². The van der Waals surface area contributed by atoms with E-state index >= 15 is 0 Å². The first kappa shape index (κ1) is 14.6. The number of carbonyl (C=O) groups excluding carboxylic acids is 1.